The van der Waals surface area contributed by atoms with E-state index in [1.54, 1.807) is 0 Å². The quantitative estimate of drug-likeness (QED) is 0.233. The van der Waals surface area contributed by atoms with Crippen LogP contribution >= 0.6 is 0 Å². The van der Waals surface area contributed by atoms with Crippen LogP contribution in [0.15, 0.2) is 0 Å². The molecule has 0 aromatic heterocycles. The van der Waals surface area contributed by atoms with Crippen molar-refractivity contribution in [2.45, 2.75) is 0 Å². The van der Waals surface area contributed by atoms with E-state index >= 15 is 0 Å². The minimum atomic E-state index is -1.75. The van der Waals surface area contributed by atoms with Crippen LogP contribution in [-0.4, -0.2) is 64.1 Å². The molecule has 72 valence electrons. The van der Waals surface area contributed by atoms with Gasteiger partial charge in [-0.25, -0.2) is 0 Å². The van der Waals surface area contributed by atoms with Crippen LogP contribution in [0.5, 0.6) is 0 Å². The molecule has 0 saturated heterocycles. The van der Waals surface area contributed by atoms with Crippen molar-refractivity contribution in [1.82, 2.24) is 0 Å². The van der Waals surface area contributed by atoms with Crippen molar-refractivity contribution in [3.05, 3.63) is 46.0 Å². The van der Waals surface area contributed by atoms with Crippen LogP contribution < -0.4 is 51.4 Å². The van der Waals surface area contributed by atoms with E-state index in [1.165, 1.54) is 0 Å². The van der Waals surface area contributed by atoms with Crippen LogP contribution in [0.25, 0.3) is 0 Å². The minimum absolute atomic E-state index is 0. The average molecular weight is 362 g/mol. The zero-order chi connectivity index (χ0) is 10.7. The molecular formula is BaKN3O9. The van der Waals surface area contributed by atoms with Crippen LogP contribution in [0.3, 0.4) is 0 Å². The molecule has 0 aromatic rings. The molecule has 0 aliphatic carbocycles. The topological polar surface area (TPSA) is 199 Å². The molecule has 0 aliphatic rings. The summed E-state index contributed by atoms with van der Waals surface area (Å²) in [6.07, 6.45) is 0. The zero-order valence-corrected chi connectivity index (χ0v) is 14.3. The molecule has 0 aliphatic heterocycles. The molecule has 0 saturated carbocycles. The second-order valence-corrected chi connectivity index (χ2v) is 0.671. The Balaban J connectivity index is -0.0000000270. The van der Waals surface area contributed by atoms with Gasteiger partial charge in [0, 0.05) is 0 Å². The summed E-state index contributed by atoms with van der Waals surface area (Å²) in [5, 5.41) is 44.2. The molecule has 0 spiro atoms. The Labute approximate surface area is 158 Å². The first-order valence-corrected chi connectivity index (χ1v) is 1.64. The second-order valence-electron chi connectivity index (χ2n) is 0.671. The molecule has 14 heavy (non-hydrogen) atoms. The summed E-state index contributed by atoms with van der Waals surface area (Å²) in [6.45, 7) is 0. The zero-order valence-electron chi connectivity index (χ0n) is 6.72. The first-order valence-electron chi connectivity index (χ1n) is 1.64. The number of rotatable bonds is 0. The van der Waals surface area contributed by atoms with Crippen molar-refractivity contribution in [1.29, 1.82) is 0 Å². The Morgan fingerprint density at radius 3 is 0.571 bits per heavy atom. The Hall–Kier alpha value is 0.808. The van der Waals surface area contributed by atoms with Gasteiger partial charge in [0.05, 0.1) is 15.3 Å². The Morgan fingerprint density at radius 1 is 0.571 bits per heavy atom. The summed E-state index contributed by atoms with van der Waals surface area (Å²) < 4.78 is 0. The first-order chi connectivity index (χ1) is 5.20. The van der Waals surface area contributed by atoms with Crippen molar-refractivity contribution in [2.75, 3.05) is 0 Å². The Kier molecular flexibility index (Phi) is 49.4. The van der Waals surface area contributed by atoms with Crippen LogP contribution in [0.1, 0.15) is 0 Å². The maximum atomic E-state index is 8.25. The Bertz CT molecular complexity index is 118. The predicted molar refractivity (Wildman–Crippen MR) is 36.8 cm³/mol. The van der Waals surface area contributed by atoms with E-state index in [2.05, 4.69) is 0 Å². The van der Waals surface area contributed by atoms with Crippen LogP contribution in [0.2, 0.25) is 0 Å². The fourth-order valence-electron chi connectivity index (χ4n) is 0. The average Bonchev–Trinajstić information content (AvgIpc) is 1.54. The predicted octanol–water partition coefficient (Wildman–Crippen LogP) is -4.09. The molecule has 0 bridgehead atoms. The molecular weight excluding hydrogens is 362 g/mol. The summed E-state index contributed by atoms with van der Waals surface area (Å²) in [5.41, 5.74) is 0. The van der Waals surface area contributed by atoms with E-state index < -0.39 is 15.3 Å². The number of hydrogen-bond donors (Lipinski definition) is 0. The van der Waals surface area contributed by atoms with Crippen molar-refractivity contribution in [3.63, 3.8) is 0 Å². The molecule has 0 N–H and O–H groups in total. The SMILES string of the molecule is O=[N+]([O-])[O-].O=[N+]([O-])[O-].O=[N+]([O-])[O-].[Ba+2].[K+]. The molecule has 0 amide bonds. The monoisotopic (exact) mass is 363 g/mol. The molecule has 14 heteroatoms. The summed E-state index contributed by atoms with van der Waals surface area (Å²) in [4.78, 5) is 24.8. The van der Waals surface area contributed by atoms with Gasteiger partial charge in [0.25, 0.3) is 0 Å². The van der Waals surface area contributed by atoms with Crippen molar-refractivity contribution in [3.8, 4) is 0 Å². The van der Waals surface area contributed by atoms with Gasteiger partial charge in [-0.15, -0.1) is 0 Å². The molecule has 0 unspecified atom stereocenters. The van der Waals surface area contributed by atoms with Gasteiger partial charge in [-0.1, -0.05) is 0 Å². The fraction of sp³-hybridized carbons (Fsp3) is 0. The maximum Gasteiger partial charge on any atom is 2.00 e. The van der Waals surface area contributed by atoms with Crippen LogP contribution in [0.4, 0.5) is 0 Å². The largest absolute Gasteiger partial charge is 2.00 e. The van der Waals surface area contributed by atoms with Crippen LogP contribution in [0, 0.1) is 46.0 Å². The van der Waals surface area contributed by atoms with E-state index in [9.17, 15) is 0 Å². The van der Waals surface area contributed by atoms with E-state index in [0.29, 0.717) is 0 Å². The third-order valence-corrected chi connectivity index (χ3v) is 0. The molecule has 0 heterocycles. The minimum Gasteiger partial charge on any atom is -0.356 e. The third kappa shape index (κ3) is 2740. The Morgan fingerprint density at radius 2 is 0.571 bits per heavy atom. The normalized spacial score (nSPS) is 5.14. The van der Waals surface area contributed by atoms with Gasteiger partial charge in [-0.3, -0.25) is 0 Å². The van der Waals surface area contributed by atoms with Gasteiger partial charge in [-0.05, 0) is 0 Å². The van der Waals surface area contributed by atoms with Gasteiger partial charge in [0.15, 0.2) is 0 Å². The third-order valence-electron chi connectivity index (χ3n) is 0. The summed E-state index contributed by atoms with van der Waals surface area (Å²) in [7, 11) is 0. The molecule has 0 rings (SSSR count). The van der Waals surface area contributed by atoms with E-state index in [0.717, 1.165) is 0 Å². The molecule has 0 aromatic carbocycles. The smallest absolute Gasteiger partial charge is 0.356 e. The molecule has 0 fully saturated rings. The van der Waals surface area contributed by atoms with Gasteiger partial charge in [0.1, 0.15) is 0 Å². The standard InChI is InChI=1S/Ba.K.3NO3/c;;3*2-1(3)4/q+2;+1;3*-1. The first kappa shape index (κ1) is 29.3. The van der Waals surface area contributed by atoms with Gasteiger partial charge in [-0.2, -0.15) is 0 Å². The molecule has 12 nitrogen and oxygen atoms in total. The number of hydrogen-bond acceptors (Lipinski definition) is 9. The van der Waals surface area contributed by atoms with E-state index in [4.69, 9.17) is 46.0 Å². The second kappa shape index (κ2) is 23.5. The van der Waals surface area contributed by atoms with E-state index in [1.807, 2.05) is 0 Å². The number of nitrogens with zero attached hydrogens (tertiary/aromatic N) is 3. The maximum absolute atomic E-state index is 8.25. The summed E-state index contributed by atoms with van der Waals surface area (Å²) in [6, 6.07) is 0. The van der Waals surface area contributed by atoms with Gasteiger partial charge < -0.3 is 46.0 Å². The summed E-state index contributed by atoms with van der Waals surface area (Å²) in [5.74, 6) is 0. The fourth-order valence-corrected chi connectivity index (χ4v) is 0. The van der Waals surface area contributed by atoms with Crippen LogP contribution in [-0.2, 0) is 0 Å². The van der Waals surface area contributed by atoms with E-state index in [-0.39, 0.29) is 100 Å². The van der Waals surface area contributed by atoms with Crippen molar-refractivity contribution in [2.24, 2.45) is 0 Å². The molecule has 0 atom stereocenters. The van der Waals surface area contributed by atoms with Crippen molar-refractivity contribution >= 4 is 48.9 Å². The molecule has 0 radical (unpaired) electrons. The van der Waals surface area contributed by atoms with Crippen molar-refractivity contribution < 1.29 is 66.6 Å². The van der Waals surface area contributed by atoms with Gasteiger partial charge in [0.2, 0.25) is 0 Å². The van der Waals surface area contributed by atoms with Gasteiger partial charge >= 0.3 is 100 Å². The summed E-state index contributed by atoms with van der Waals surface area (Å²) >= 11 is 0.